The number of ether oxygens (including phenoxy) is 1. The van der Waals surface area contributed by atoms with Crippen LogP contribution in [0, 0.1) is 6.92 Å². The fourth-order valence-corrected chi connectivity index (χ4v) is 1.52. The highest BCUT2D eigenvalue weighted by Crippen LogP contribution is 2.14. The molecule has 0 radical (unpaired) electrons. The molecule has 2 N–H and O–H groups in total. The van der Waals surface area contributed by atoms with Gasteiger partial charge < -0.3 is 15.4 Å². The van der Waals surface area contributed by atoms with E-state index in [0.717, 1.165) is 5.56 Å². The van der Waals surface area contributed by atoms with Gasteiger partial charge in [0.25, 0.3) is 5.91 Å². The van der Waals surface area contributed by atoms with Crippen molar-refractivity contribution in [2.24, 2.45) is 0 Å². The maximum absolute atomic E-state index is 12.1. The predicted octanol–water partition coefficient (Wildman–Crippen LogP) is 1.69. The highest BCUT2D eigenvalue weighted by molar-refractivity contribution is 5.96. The van der Waals surface area contributed by atoms with Gasteiger partial charge in [0, 0.05) is 31.5 Å². The molecule has 1 rings (SSSR count). The van der Waals surface area contributed by atoms with Crippen LogP contribution in [0.5, 0.6) is 0 Å². The number of anilines is 1. The topological polar surface area (TPSA) is 55.6 Å². The van der Waals surface area contributed by atoms with E-state index in [2.05, 4.69) is 0 Å². The number of carbonyl (C=O) groups excluding carboxylic acids is 1. The second kappa shape index (κ2) is 6.25. The highest BCUT2D eigenvalue weighted by Gasteiger charge is 2.13. The van der Waals surface area contributed by atoms with Crippen LogP contribution in [0.2, 0.25) is 0 Å². The Kier molecular flexibility index (Phi) is 4.97. The lowest BCUT2D eigenvalue weighted by atomic mass is 10.1. The Balaban J connectivity index is 2.71. The van der Waals surface area contributed by atoms with Crippen molar-refractivity contribution in [3.63, 3.8) is 0 Å². The second-order valence-electron chi connectivity index (χ2n) is 4.00. The maximum atomic E-state index is 12.1. The zero-order chi connectivity index (χ0) is 12.8. The number of nitrogens with two attached hydrogens (primary N) is 1. The number of nitrogen functional groups attached to an aromatic ring is 1. The van der Waals surface area contributed by atoms with Crippen LogP contribution in [0.25, 0.3) is 0 Å². The SMILES string of the molecule is CCOCCN(C)C(=O)c1cc(N)ccc1C. The number of hydrogen-bond donors (Lipinski definition) is 1. The molecule has 0 saturated carbocycles. The van der Waals surface area contributed by atoms with Gasteiger partial charge in [-0.05, 0) is 31.5 Å². The van der Waals surface area contributed by atoms with Crippen molar-refractivity contribution in [2.75, 3.05) is 32.5 Å². The van der Waals surface area contributed by atoms with E-state index in [1.54, 1.807) is 24.1 Å². The van der Waals surface area contributed by atoms with Gasteiger partial charge in [0.05, 0.1) is 6.61 Å². The molecule has 0 aliphatic heterocycles. The van der Waals surface area contributed by atoms with Crippen molar-refractivity contribution in [1.29, 1.82) is 0 Å². The average Bonchev–Trinajstić information content (AvgIpc) is 2.31. The molecule has 0 bridgehead atoms. The fourth-order valence-electron chi connectivity index (χ4n) is 1.52. The quantitative estimate of drug-likeness (QED) is 0.625. The average molecular weight is 236 g/mol. The second-order valence-corrected chi connectivity index (χ2v) is 4.00. The molecule has 1 aromatic rings. The van der Waals surface area contributed by atoms with E-state index in [9.17, 15) is 4.79 Å². The Hall–Kier alpha value is -1.55. The van der Waals surface area contributed by atoms with Crippen LogP contribution in [0.3, 0.4) is 0 Å². The standard InChI is InChI=1S/C13H20N2O2/c1-4-17-8-7-15(3)13(16)12-9-11(14)6-5-10(12)2/h5-6,9H,4,7-8,14H2,1-3H3. The summed E-state index contributed by atoms with van der Waals surface area (Å²) in [4.78, 5) is 13.8. The van der Waals surface area contributed by atoms with Gasteiger partial charge in [-0.3, -0.25) is 4.79 Å². The number of nitrogens with zero attached hydrogens (tertiary/aromatic N) is 1. The van der Waals surface area contributed by atoms with E-state index < -0.39 is 0 Å². The minimum Gasteiger partial charge on any atom is -0.399 e. The van der Waals surface area contributed by atoms with Crippen molar-refractivity contribution in [1.82, 2.24) is 4.90 Å². The molecule has 0 atom stereocenters. The Morgan fingerprint density at radius 2 is 2.18 bits per heavy atom. The Labute approximate surface area is 102 Å². The van der Waals surface area contributed by atoms with Gasteiger partial charge in [-0.1, -0.05) is 6.07 Å². The third-order valence-corrected chi connectivity index (χ3v) is 2.61. The van der Waals surface area contributed by atoms with Crippen LogP contribution in [0.15, 0.2) is 18.2 Å². The van der Waals surface area contributed by atoms with Crippen molar-refractivity contribution in [2.45, 2.75) is 13.8 Å². The summed E-state index contributed by atoms with van der Waals surface area (Å²) in [5, 5.41) is 0. The summed E-state index contributed by atoms with van der Waals surface area (Å²) < 4.78 is 5.23. The molecule has 4 nitrogen and oxygen atoms in total. The highest BCUT2D eigenvalue weighted by atomic mass is 16.5. The summed E-state index contributed by atoms with van der Waals surface area (Å²) >= 11 is 0. The van der Waals surface area contributed by atoms with Crippen molar-refractivity contribution in [3.05, 3.63) is 29.3 Å². The Morgan fingerprint density at radius 3 is 2.82 bits per heavy atom. The number of amides is 1. The molecule has 0 spiro atoms. The maximum Gasteiger partial charge on any atom is 0.254 e. The third-order valence-electron chi connectivity index (χ3n) is 2.61. The molecule has 0 fully saturated rings. The van der Waals surface area contributed by atoms with E-state index in [1.807, 2.05) is 19.9 Å². The monoisotopic (exact) mass is 236 g/mol. The molecule has 0 aliphatic rings. The van der Waals surface area contributed by atoms with Crippen molar-refractivity contribution < 1.29 is 9.53 Å². The van der Waals surface area contributed by atoms with Gasteiger partial charge in [-0.2, -0.15) is 0 Å². The molecule has 4 heteroatoms. The van der Waals surface area contributed by atoms with E-state index >= 15 is 0 Å². The number of carbonyl (C=O) groups is 1. The molecule has 0 aromatic heterocycles. The van der Waals surface area contributed by atoms with Crippen LogP contribution in [0.4, 0.5) is 5.69 Å². The molecule has 0 unspecified atom stereocenters. The minimum absolute atomic E-state index is 0.0190. The van der Waals surface area contributed by atoms with Gasteiger partial charge in [0.1, 0.15) is 0 Å². The van der Waals surface area contributed by atoms with Gasteiger partial charge >= 0.3 is 0 Å². The summed E-state index contributed by atoms with van der Waals surface area (Å²) in [5.41, 5.74) is 7.89. The number of benzene rings is 1. The summed E-state index contributed by atoms with van der Waals surface area (Å²) in [6, 6.07) is 5.38. The lowest BCUT2D eigenvalue weighted by molar-refractivity contribution is 0.0709. The molecular weight excluding hydrogens is 216 g/mol. The lowest BCUT2D eigenvalue weighted by Crippen LogP contribution is -2.30. The number of rotatable bonds is 5. The predicted molar refractivity (Wildman–Crippen MR) is 69.0 cm³/mol. The van der Waals surface area contributed by atoms with Crippen LogP contribution in [-0.2, 0) is 4.74 Å². The fraction of sp³-hybridized carbons (Fsp3) is 0.462. The van der Waals surface area contributed by atoms with Gasteiger partial charge in [-0.15, -0.1) is 0 Å². The summed E-state index contributed by atoms with van der Waals surface area (Å²) in [7, 11) is 1.77. The normalized spacial score (nSPS) is 10.3. The van der Waals surface area contributed by atoms with E-state index in [0.29, 0.717) is 31.0 Å². The smallest absolute Gasteiger partial charge is 0.254 e. The zero-order valence-electron chi connectivity index (χ0n) is 10.7. The molecular formula is C13H20N2O2. The summed E-state index contributed by atoms with van der Waals surface area (Å²) in [6.07, 6.45) is 0. The molecule has 94 valence electrons. The largest absolute Gasteiger partial charge is 0.399 e. The van der Waals surface area contributed by atoms with E-state index in [1.165, 1.54) is 0 Å². The van der Waals surface area contributed by atoms with E-state index in [4.69, 9.17) is 10.5 Å². The number of likely N-dealkylation sites (N-methyl/N-ethyl adjacent to an activating group) is 1. The molecule has 1 aromatic carbocycles. The number of hydrogen-bond acceptors (Lipinski definition) is 3. The van der Waals surface area contributed by atoms with Crippen molar-refractivity contribution in [3.8, 4) is 0 Å². The first-order chi connectivity index (χ1) is 8.06. The van der Waals surface area contributed by atoms with Gasteiger partial charge in [-0.25, -0.2) is 0 Å². The molecule has 1 amide bonds. The summed E-state index contributed by atoms with van der Waals surface area (Å²) in [5.74, 6) is -0.0190. The van der Waals surface area contributed by atoms with Gasteiger partial charge in [0.2, 0.25) is 0 Å². The van der Waals surface area contributed by atoms with Gasteiger partial charge in [0.15, 0.2) is 0 Å². The first kappa shape index (κ1) is 13.5. The first-order valence-corrected chi connectivity index (χ1v) is 5.75. The van der Waals surface area contributed by atoms with Crippen LogP contribution in [-0.4, -0.2) is 37.6 Å². The lowest BCUT2D eigenvalue weighted by Gasteiger charge is -2.18. The Morgan fingerprint density at radius 1 is 1.47 bits per heavy atom. The Bertz CT molecular complexity index is 391. The van der Waals surface area contributed by atoms with Crippen LogP contribution in [0.1, 0.15) is 22.8 Å². The molecule has 0 saturated heterocycles. The molecule has 0 heterocycles. The first-order valence-electron chi connectivity index (χ1n) is 5.75. The molecule has 17 heavy (non-hydrogen) atoms. The minimum atomic E-state index is -0.0190. The van der Waals surface area contributed by atoms with Crippen LogP contribution >= 0.6 is 0 Å². The third kappa shape index (κ3) is 3.75. The van der Waals surface area contributed by atoms with E-state index in [-0.39, 0.29) is 5.91 Å². The van der Waals surface area contributed by atoms with Crippen molar-refractivity contribution >= 4 is 11.6 Å². The zero-order valence-corrected chi connectivity index (χ0v) is 10.7. The summed E-state index contributed by atoms with van der Waals surface area (Å²) in [6.45, 7) is 5.65. The number of aryl methyl sites for hydroxylation is 1. The van der Waals surface area contributed by atoms with Crippen LogP contribution < -0.4 is 5.73 Å². The molecule has 0 aliphatic carbocycles.